The van der Waals surface area contributed by atoms with Crippen LogP contribution in [-0.4, -0.2) is 45.9 Å². The van der Waals surface area contributed by atoms with Crippen molar-refractivity contribution in [3.63, 3.8) is 0 Å². The molecule has 1 fully saturated rings. The number of thioether (sulfide) groups is 1. The van der Waals surface area contributed by atoms with E-state index in [9.17, 15) is 9.59 Å². The number of carbonyl (C=O) groups excluding carboxylic acids is 2. The third-order valence-electron chi connectivity index (χ3n) is 4.17. The lowest BCUT2D eigenvalue weighted by molar-refractivity contribution is -0.127. The summed E-state index contributed by atoms with van der Waals surface area (Å²) in [6, 6.07) is 5.37. The highest BCUT2D eigenvalue weighted by Gasteiger charge is 2.18. The average Bonchev–Trinajstić information content (AvgIpc) is 3.28. The lowest BCUT2D eigenvalue weighted by Gasteiger charge is -2.13. The molecule has 0 saturated carbocycles. The number of hydrogen-bond acceptors (Lipinski definition) is 6. The van der Waals surface area contributed by atoms with Gasteiger partial charge in [0, 0.05) is 18.8 Å². The fourth-order valence-corrected chi connectivity index (χ4v) is 4.23. The zero-order valence-corrected chi connectivity index (χ0v) is 16.4. The van der Waals surface area contributed by atoms with Crippen molar-refractivity contribution in [2.24, 2.45) is 0 Å². The number of nitrogens with one attached hydrogen (secondary N) is 2. The summed E-state index contributed by atoms with van der Waals surface area (Å²) in [5.74, 6) is 0.480. The third kappa shape index (κ3) is 4.95. The molecule has 1 aromatic carbocycles. The maximum atomic E-state index is 12.1. The van der Waals surface area contributed by atoms with E-state index in [1.165, 1.54) is 28.7 Å². The van der Waals surface area contributed by atoms with Gasteiger partial charge in [-0.2, -0.15) is 0 Å². The van der Waals surface area contributed by atoms with Crippen LogP contribution in [0.5, 0.6) is 0 Å². The minimum Gasteiger partial charge on any atom is -0.342 e. The van der Waals surface area contributed by atoms with Crippen molar-refractivity contribution in [1.82, 2.24) is 15.1 Å². The summed E-state index contributed by atoms with van der Waals surface area (Å²) >= 11 is 2.61. The maximum absolute atomic E-state index is 12.1. The van der Waals surface area contributed by atoms with Gasteiger partial charge < -0.3 is 10.2 Å². The first kappa shape index (κ1) is 18.7. The van der Waals surface area contributed by atoms with Crippen LogP contribution >= 0.6 is 23.1 Å². The maximum Gasteiger partial charge on any atom is 0.325 e. The summed E-state index contributed by atoms with van der Waals surface area (Å²) in [5.41, 5.74) is 3.01. The number of likely N-dealkylation sites (tertiary alicyclic amines) is 1. The fraction of sp³-hybridized carbons (Fsp3) is 0.412. The van der Waals surface area contributed by atoms with E-state index in [1.54, 1.807) is 0 Å². The Balaban J connectivity index is 1.48. The van der Waals surface area contributed by atoms with Crippen LogP contribution in [-0.2, 0) is 4.79 Å². The van der Waals surface area contributed by atoms with Gasteiger partial charge in [0.05, 0.1) is 5.75 Å². The molecule has 2 N–H and O–H groups in total. The summed E-state index contributed by atoms with van der Waals surface area (Å²) in [4.78, 5) is 26.0. The van der Waals surface area contributed by atoms with Crippen LogP contribution in [0.25, 0.3) is 0 Å². The quantitative estimate of drug-likeness (QED) is 0.602. The fourth-order valence-electron chi connectivity index (χ4n) is 2.58. The molecule has 138 valence electrons. The van der Waals surface area contributed by atoms with E-state index < -0.39 is 0 Å². The minimum absolute atomic E-state index is 0.129. The second kappa shape index (κ2) is 8.50. The number of amides is 3. The van der Waals surface area contributed by atoms with Crippen molar-refractivity contribution in [1.29, 1.82) is 0 Å². The molecule has 2 heterocycles. The van der Waals surface area contributed by atoms with Gasteiger partial charge in [-0.05, 0) is 49.9 Å². The highest BCUT2D eigenvalue weighted by Crippen LogP contribution is 2.26. The first-order valence-electron chi connectivity index (χ1n) is 8.40. The standard InChI is InChI=1S/C17H21N5O2S2/c1-11-5-6-13(9-12(11)2)18-15(24)19-16-20-21-17(26-16)25-10-14(23)22-7-3-4-8-22/h5-6,9H,3-4,7-8,10H2,1-2H3,(H2,18,19,20,24). The van der Waals surface area contributed by atoms with Crippen LogP contribution in [0.15, 0.2) is 22.5 Å². The monoisotopic (exact) mass is 391 g/mol. The number of benzene rings is 1. The number of hydrogen-bond donors (Lipinski definition) is 2. The van der Waals surface area contributed by atoms with Crippen LogP contribution in [0.3, 0.4) is 0 Å². The molecule has 3 amide bonds. The minimum atomic E-state index is -0.367. The van der Waals surface area contributed by atoms with Gasteiger partial charge in [-0.25, -0.2) is 4.79 Å². The molecule has 0 aliphatic carbocycles. The SMILES string of the molecule is Cc1ccc(NC(=O)Nc2nnc(SCC(=O)N3CCCC3)s2)cc1C. The summed E-state index contributed by atoms with van der Waals surface area (Å²) < 4.78 is 0.666. The molecule has 26 heavy (non-hydrogen) atoms. The smallest absolute Gasteiger partial charge is 0.325 e. The van der Waals surface area contributed by atoms with E-state index in [-0.39, 0.29) is 11.9 Å². The third-order valence-corrected chi connectivity index (χ3v) is 6.13. The molecule has 9 heteroatoms. The number of anilines is 2. The predicted molar refractivity (Wildman–Crippen MR) is 105 cm³/mol. The lowest BCUT2D eigenvalue weighted by atomic mass is 10.1. The predicted octanol–water partition coefficient (Wildman–Crippen LogP) is 3.51. The van der Waals surface area contributed by atoms with Gasteiger partial charge in [0.15, 0.2) is 4.34 Å². The van der Waals surface area contributed by atoms with E-state index in [4.69, 9.17) is 0 Å². The Hall–Kier alpha value is -2.13. The van der Waals surface area contributed by atoms with Crippen LogP contribution in [0.1, 0.15) is 24.0 Å². The summed E-state index contributed by atoms with van der Waals surface area (Å²) in [7, 11) is 0. The van der Waals surface area contributed by atoms with Crippen molar-refractivity contribution >= 4 is 45.9 Å². The Bertz CT molecular complexity index is 802. The molecule has 0 unspecified atom stereocenters. The highest BCUT2D eigenvalue weighted by atomic mass is 32.2. The summed E-state index contributed by atoms with van der Waals surface area (Å²) in [5, 5.41) is 13.8. The molecular formula is C17H21N5O2S2. The molecule has 0 bridgehead atoms. The molecule has 1 saturated heterocycles. The Morgan fingerprint density at radius 2 is 1.92 bits per heavy atom. The van der Waals surface area contributed by atoms with Gasteiger partial charge in [-0.1, -0.05) is 29.2 Å². The molecule has 1 aliphatic heterocycles. The molecule has 1 aliphatic rings. The Labute approximate surface area is 160 Å². The Kier molecular flexibility index (Phi) is 6.10. The van der Waals surface area contributed by atoms with Gasteiger partial charge in [-0.3, -0.25) is 10.1 Å². The largest absolute Gasteiger partial charge is 0.342 e. The van der Waals surface area contributed by atoms with Gasteiger partial charge in [-0.15, -0.1) is 10.2 Å². The van der Waals surface area contributed by atoms with Crippen LogP contribution < -0.4 is 10.6 Å². The number of aromatic nitrogens is 2. The molecule has 3 rings (SSSR count). The Morgan fingerprint density at radius 1 is 1.15 bits per heavy atom. The first-order valence-corrected chi connectivity index (χ1v) is 10.2. The molecule has 2 aromatic rings. The van der Waals surface area contributed by atoms with Crippen molar-refractivity contribution < 1.29 is 9.59 Å². The second-order valence-electron chi connectivity index (χ2n) is 6.13. The second-order valence-corrected chi connectivity index (χ2v) is 8.33. The van der Waals surface area contributed by atoms with E-state index in [1.807, 2.05) is 36.9 Å². The number of rotatable bonds is 5. The number of urea groups is 1. The van der Waals surface area contributed by atoms with Crippen molar-refractivity contribution in [2.45, 2.75) is 31.0 Å². The van der Waals surface area contributed by atoms with Crippen molar-refractivity contribution in [3.05, 3.63) is 29.3 Å². The first-order chi connectivity index (χ1) is 12.5. The van der Waals surface area contributed by atoms with Gasteiger partial charge in [0.25, 0.3) is 0 Å². The molecule has 7 nitrogen and oxygen atoms in total. The normalized spacial score (nSPS) is 13.7. The van der Waals surface area contributed by atoms with Gasteiger partial charge >= 0.3 is 6.03 Å². The Morgan fingerprint density at radius 3 is 2.65 bits per heavy atom. The molecule has 0 spiro atoms. The zero-order valence-electron chi connectivity index (χ0n) is 14.7. The van der Waals surface area contributed by atoms with E-state index in [0.29, 0.717) is 15.2 Å². The van der Waals surface area contributed by atoms with E-state index in [2.05, 4.69) is 20.8 Å². The average molecular weight is 392 g/mol. The summed E-state index contributed by atoms with van der Waals surface area (Å²) in [6.45, 7) is 5.71. The van der Waals surface area contributed by atoms with E-state index in [0.717, 1.165) is 37.2 Å². The van der Waals surface area contributed by atoms with Crippen molar-refractivity contribution in [2.75, 3.05) is 29.5 Å². The molecule has 0 atom stereocenters. The zero-order chi connectivity index (χ0) is 18.5. The van der Waals surface area contributed by atoms with Crippen LogP contribution in [0.4, 0.5) is 15.6 Å². The van der Waals surface area contributed by atoms with Crippen LogP contribution in [0, 0.1) is 13.8 Å². The topological polar surface area (TPSA) is 87.2 Å². The van der Waals surface area contributed by atoms with Gasteiger partial charge in [0.2, 0.25) is 11.0 Å². The number of aryl methyl sites for hydroxylation is 2. The number of carbonyl (C=O) groups is 2. The number of nitrogens with zero attached hydrogens (tertiary/aromatic N) is 3. The molecule has 0 radical (unpaired) electrons. The van der Waals surface area contributed by atoms with Gasteiger partial charge in [0.1, 0.15) is 0 Å². The van der Waals surface area contributed by atoms with Crippen LogP contribution in [0.2, 0.25) is 0 Å². The molecular weight excluding hydrogens is 370 g/mol. The highest BCUT2D eigenvalue weighted by molar-refractivity contribution is 8.01. The molecule has 1 aromatic heterocycles. The van der Waals surface area contributed by atoms with E-state index >= 15 is 0 Å². The summed E-state index contributed by atoms with van der Waals surface area (Å²) in [6.07, 6.45) is 2.16. The lowest BCUT2D eigenvalue weighted by Crippen LogP contribution is -2.29. The van der Waals surface area contributed by atoms with Crippen molar-refractivity contribution in [3.8, 4) is 0 Å².